The summed E-state index contributed by atoms with van der Waals surface area (Å²) in [5.74, 6) is -0.376. The summed E-state index contributed by atoms with van der Waals surface area (Å²) in [5, 5.41) is 15.0. The largest absolute Gasteiger partial charge is 0.378 e. The minimum absolute atomic E-state index is 0.0140. The molecule has 0 radical (unpaired) electrons. The van der Waals surface area contributed by atoms with E-state index in [0.29, 0.717) is 13.2 Å². The predicted molar refractivity (Wildman–Crippen MR) is 90.1 cm³/mol. The number of nitrogens with zero attached hydrogens (tertiary/aromatic N) is 2. The highest BCUT2D eigenvalue weighted by molar-refractivity contribution is 5.97. The van der Waals surface area contributed by atoms with Crippen LogP contribution in [0.15, 0.2) is 36.0 Å². The van der Waals surface area contributed by atoms with Crippen molar-refractivity contribution in [1.82, 2.24) is 5.32 Å². The van der Waals surface area contributed by atoms with Crippen LogP contribution >= 0.6 is 0 Å². The molecule has 1 amide bonds. The average molecular weight is 314 g/mol. The first-order valence-electron chi connectivity index (χ1n) is 7.71. The molecule has 1 aromatic carbocycles. The Morgan fingerprint density at radius 2 is 2.04 bits per heavy atom. The fourth-order valence-corrected chi connectivity index (χ4v) is 2.31. The molecule has 2 rings (SSSR count). The van der Waals surface area contributed by atoms with E-state index in [0.717, 1.165) is 24.5 Å². The van der Waals surface area contributed by atoms with E-state index in [4.69, 9.17) is 10.00 Å². The first-order valence-corrected chi connectivity index (χ1v) is 7.71. The zero-order chi connectivity index (χ0) is 16.7. The third kappa shape index (κ3) is 4.73. The highest BCUT2D eigenvalue weighted by Crippen LogP contribution is 2.26. The fraction of sp³-hybridized carbons (Fsp3) is 0.412. The van der Waals surface area contributed by atoms with Crippen LogP contribution in [-0.4, -0.2) is 38.3 Å². The summed E-state index contributed by atoms with van der Waals surface area (Å²) in [4.78, 5) is 14.1. The van der Waals surface area contributed by atoms with Gasteiger partial charge in [-0.1, -0.05) is 12.1 Å². The molecule has 6 nitrogen and oxygen atoms in total. The summed E-state index contributed by atoms with van der Waals surface area (Å²) in [6.07, 6.45) is 1.46. The Morgan fingerprint density at radius 1 is 1.35 bits per heavy atom. The van der Waals surface area contributed by atoms with Gasteiger partial charge in [-0.05, 0) is 26.0 Å². The molecule has 0 aromatic heterocycles. The average Bonchev–Trinajstić information content (AvgIpc) is 2.56. The van der Waals surface area contributed by atoms with Crippen molar-refractivity contribution in [3.05, 3.63) is 36.0 Å². The monoisotopic (exact) mass is 314 g/mol. The molecule has 122 valence electrons. The summed E-state index contributed by atoms with van der Waals surface area (Å²) < 4.78 is 5.38. The predicted octanol–water partition coefficient (Wildman–Crippen LogP) is 1.87. The van der Waals surface area contributed by atoms with Gasteiger partial charge in [0.15, 0.2) is 0 Å². The Bertz CT molecular complexity index is 613. The number of benzene rings is 1. The molecule has 23 heavy (non-hydrogen) atoms. The van der Waals surface area contributed by atoms with Crippen LogP contribution in [0.25, 0.3) is 0 Å². The third-order valence-corrected chi connectivity index (χ3v) is 3.41. The minimum atomic E-state index is -0.376. The molecule has 1 aliphatic rings. The molecule has 0 saturated carbocycles. The van der Waals surface area contributed by atoms with Gasteiger partial charge in [0.05, 0.1) is 24.6 Å². The third-order valence-electron chi connectivity index (χ3n) is 3.41. The van der Waals surface area contributed by atoms with Crippen LogP contribution in [0.1, 0.15) is 13.8 Å². The zero-order valence-electron chi connectivity index (χ0n) is 13.5. The molecular formula is C17H22N4O2. The van der Waals surface area contributed by atoms with Gasteiger partial charge >= 0.3 is 0 Å². The maximum absolute atomic E-state index is 11.9. The van der Waals surface area contributed by atoms with Crippen molar-refractivity contribution in [2.45, 2.75) is 19.9 Å². The number of carbonyl (C=O) groups excluding carboxylic acids is 1. The van der Waals surface area contributed by atoms with Crippen molar-refractivity contribution in [3.63, 3.8) is 0 Å². The van der Waals surface area contributed by atoms with Crippen LogP contribution < -0.4 is 15.5 Å². The van der Waals surface area contributed by atoms with Crippen molar-refractivity contribution < 1.29 is 9.53 Å². The highest BCUT2D eigenvalue weighted by atomic mass is 16.5. The van der Waals surface area contributed by atoms with E-state index in [1.807, 2.05) is 44.2 Å². The minimum Gasteiger partial charge on any atom is -0.378 e. The number of amides is 1. The lowest BCUT2D eigenvalue weighted by molar-refractivity contribution is -0.117. The van der Waals surface area contributed by atoms with Gasteiger partial charge in [0.2, 0.25) is 0 Å². The van der Waals surface area contributed by atoms with Gasteiger partial charge in [0.25, 0.3) is 5.91 Å². The number of morpholine rings is 1. The van der Waals surface area contributed by atoms with E-state index in [2.05, 4.69) is 15.5 Å². The number of nitrogens with one attached hydrogen (secondary N) is 2. The lowest BCUT2D eigenvalue weighted by Gasteiger charge is -2.30. The molecule has 0 aliphatic carbocycles. The molecule has 1 fully saturated rings. The van der Waals surface area contributed by atoms with E-state index in [-0.39, 0.29) is 17.5 Å². The topological polar surface area (TPSA) is 77.4 Å². The Balaban J connectivity index is 2.14. The van der Waals surface area contributed by atoms with Gasteiger partial charge in [0, 0.05) is 25.3 Å². The number of carbonyl (C=O) groups is 1. The summed E-state index contributed by atoms with van der Waals surface area (Å²) in [5.41, 5.74) is 1.95. The van der Waals surface area contributed by atoms with E-state index in [9.17, 15) is 4.79 Å². The number of nitriles is 1. The van der Waals surface area contributed by atoms with Crippen LogP contribution in [0.3, 0.4) is 0 Å². The molecule has 1 heterocycles. The van der Waals surface area contributed by atoms with E-state index in [1.54, 1.807) is 0 Å². The van der Waals surface area contributed by atoms with Crippen LogP contribution in [0.5, 0.6) is 0 Å². The number of hydrogen-bond acceptors (Lipinski definition) is 5. The molecule has 0 atom stereocenters. The SMILES string of the molecule is CC(C)NC(=O)/C(C#N)=C\Nc1ccccc1N1CCOCC1. The summed E-state index contributed by atoms with van der Waals surface area (Å²) in [6.45, 7) is 6.75. The zero-order valence-corrected chi connectivity index (χ0v) is 13.5. The van der Waals surface area contributed by atoms with Gasteiger partial charge in [-0.15, -0.1) is 0 Å². The second-order valence-electron chi connectivity index (χ2n) is 5.56. The highest BCUT2D eigenvalue weighted by Gasteiger charge is 2.15. The number of para-hydroxylation sites is 2. The normalized spacial score (nSPS) is 15.2. The van der Waals surface area contributed by atoms with Crippen molar-refractivity contribution in [1.29, 1.82) is 5.26 Å². The van der Waals surface area contributed by atoms with Gasteiger partial charge in [-0.2, -0.15) is 5.26 Å². The lowest BCUT2D eigenvalue weighted by Crippen LogP contribution is -2.36. The fourth-order valence-electron chi connectivity index (χ4n) is 2.31. The molecule has 0 unspecified atom stereocenters. The Labute approximate surface area is 136 Å². The van der Waals surface area contributed by atoms with Crippen LogP contribution in [0, 0.1) is 11.3 Å². The summed E-state index contributed by atoms with van der Waals surface area (Å²) in [7, 11) is 0. The summed E-state index contributed by atoms with van der Waals surface area (Å²) in [6, 6.07) is 9.74. The molecule has 1 aromatic rings. The maximum Gasteiger partial charge on any atom is 0.263 e. The first-order chi connectivity index (χ1) is 11.1. The second kappa shape index (κ2) is 8.20. The number of hydrogen-bond donors (Lipinski definition) is 2. The van der Waals surface area contributed by atoms with Crippen molar-refractivity contribution in [2.24, 2.45) is 0 Å². The number of ether oxygens (including phenoxy) is 1. The van der Waals surface area contributed by atoms with Gasteiger partial charge < -0.3 is 20.3 Å². The van der Waals surface area contributed by atoms with Crippen LogP contribution in [0.2, 0.25) is 0 Å². The molecule has 2 N–H and O–H groups in total. The molecule has 0 bridgehead atoms. The lowest BCUT2D eigenvalue weighted by atomic mass is 10.2. The quantitative estimate of drug-likeness (QED) is 0.641. The Kier molecular flexibility index (Phi) is 6.01. The summed E-state index contributed by atoms with van der Waals surface area (Å²) >= 11 is 0. The molecule has 0 spiro atoms. The molecule has 1 saturated heterocycles. The Morgan fingerprint density at radius 3 is 2.70 bits per heavy atom. The molecule has 1 aliphatic heterocycles. The first kappa shape index (κ1) is 16.8. The van der Waals surface area contributed by atoms with Gasteiger partial charge in [0.1, 0.15) is 11.6 Å². The van der Waals surface area contributed by atoms with Crippen molar-refractivity contribution in [2.75, 3.05) is 36.5 Å². The van der Waals surface area contributed by atoms with Gasteiger partial charge in [-0.3, -0.25) is 4.79 Å². The van der Waals surface area contributed by atoms with E-state index < -0.39 is 0 Å². The van der Waals surface area contributed by atoms with Crippen molar-refractivity contribution in [3.8, 4) is 6.07 Å². The standard InChI is InChI=1S/C17H22N4O2/c1-13(2)20-17(22)14(11-18)12-19-15-5-3-4-6-16(15)21-7-9-23-10-8-21/h3-6,12-13,19H,7-10H2,1-2H3,(H,20,22)/b14-12-. The maximum atomic E-state index is 11.9. The van der Waals surface area contributed by atoms with E-state index in [1.165, 1.54) is 6.20 Å². The molecule has 6 heteroatoms. The van der Waals surface area contributed by atoms with Crippen LogP contribution in [-0.2, 0) is 9.53 Å². The smallest absolute Gasteiger partial charge is 0.263 e. The van der Waals surface area contributed by atoms with Gasteiger partial charge in [-0.25, -0.2) is 0 Å². The number of rotatable bonds is 5. The van der Waals surface area contributed by atoms with Crippen molar-refractivity contribution >= 4 is 17.3 Å². The Hall–Kier alpha value is -2.52. The van der Waals surface area contributed by atoms with Crippen LogP contribution in [0.4, 0.5) is 11.4 Å². The second-order valence-corrected chi connectivity index (χ2v) is 5.56. The molecular weight excluding hydrogens is 292 g/mol. The van der Waals surface area contributed by atoms with E-state index >= 15 is 0 Å². The number of anilines is 2.